The predicted molar refractivity (Wildman–Crippen MR) is 50.5 cm³/mol. The van der Waals surface area contributed by atoms with E-state index in [0.717, 1.165) is 11.8 Å². The van der Waals surface area contributed by atoms with Gasteiger partial charge in [0.1, 0.15) is 0 Å². The highest BCUT2D eigenvalue weighted by Crippen LogP contribution is 2.62. The molecule has 1 aliphatic rings. The summed E-state index contributed by atoms with van der Waals surface area (Å²) in [7, 11) is 0. The van der Waals surface area contributed by atoms with Gasteiger partial charge in [-0.05, 0) is 31.1 Å². The second-order valence-corrected chi connectivity index (χ2v) is 4.86. The summed E-state index contributed by atoms with van der Waals surface area (Å²) in [6, 6.07) is 0. The Bertz CT molecular complexity index is 190. The number of hydrogen-bond acceptors (Lipinski definition) is 0. The Kier molecular flexibility index (Phi) is 1.90. The van der Waals surface area contributed by atoms with Crippen LogP contribution in [-0.2, 0) is 0 Å². The summed E-state index contributed by atoms with van der Waals surface area (Å²) < 4.78 is 0. The van der Waals surface area contributed by atoms with Gasteiger partial charge in [0.15, 0.2) is 0 Å². The fourth-order valence-electron chi connectivity index (χ4n) is 2.70. The zero-order chi connectivity index (χ0) is 8.81. The van der Waals surface area contributed by atoms with Crippen LogP contribution in [0.5, 0.6) is 0 Å². The summed E-state index contributed by atoms with van der Waals surface area (Å²) in [5.74, 6) is 1.67. The molecule has 0 unspecified atom stereocenters. The standard InChI is InChI=1S/C11H20/c1-7(2)9-10(8(3)4)11(9,5)6/h7,9H,1-6H3/t9-/m0/s1. The summed E-state index contributed by atoms with van der Waals surface area (Å²) in [4.78, 5) is 0. The van der Waals surface area contributed by atoms with Gasteiger partial charge in [0.25, 0.3) is 0 Å². The Labute approximate surface area is 70.7 Å². The van der Waals surface area contributed by atoms with E-state index in [1.54, 1.807) is 5.57 Å². The third-order valence-corrected chi connectivity index (χ3v) is 2.90. The van der Waals surface area contributed by atoms with Crippen LogP contribution in [0.15, 0.2) is 11.1 Å². The molecule has 0 aromatic carbocycles. The van der Waals surface area contributed by atoms with Crippen molar-refractivity contribution in [2.75, 3.05) is 0 Å². The van der Waals surface area contributed by atoms with Crippen LogP contribution < -0.4 is 0 Å². The van der Waals surface area contributed by atoms with Crippen molar-refractivity contribution in [3.8, 4) is 0 Å². The zero-order valence-electron chi connectivity index (χ0n) is 8.65. The van der Waals surface area contributed by atoms with Gasteiger partial charge in [-0.1, -0.05) is 38.8 Å². The van der Waals surface area contributed by atoms with Gasteiger partial charge < -0.3 is 0 Å². The molecule has 0 heterocycles. The van der Waals surface area contributed by atoms with Crippen LogP contribution >= 0.6 is 0 Å². The van der Waals surface area contributed by atoms with Crippen LogP contribution in [0.25, 0.3) is 0 Å². The van der Waals surface area contributed by atoms with Gasteiger partial charge in [0.05, 0.1) is 0 Å². The van der Waals surface area contributed by atoms with E-state index in [2.05, 4.69) is 41.5 Å². The molecule has 0 aromatic rings. The van der Waals surface area contributed by atoms with Gasteiger partial charge in [-0.2, -0.15) is 0 Å². The van der Waals surface area contributed by atoms with Gasteiger partial charge in [-0.3, -0.25) is 0 Å². The molecule has 0 radical (unpaired) electrons. The van der Waals surface area contributed by atoms with E-state index in [9.17, 15) is 0 Å². The van der Waals surface area contributed by atoms with Crippen LogP contribution in [0, 0.1) is 17.3 Å². The van der Waals surface area contributed by atoms with E-state index in [4.69, 9.17) is 0 Å². The first kappa shape index (κ1) is 8.83. The van der Waals surface area contributed by atoms with Crippen molar-refractivity contribution in [1.29, 1.82) is 0 Å². The van der Waals surface area contributed by atoms with Crippen LogP contribution in [0.3, 0.4) is 0 Å². The highest BCUT2D eigenvalue weighted by molar-refractivity contribution is 5.39. The maximum Gasteiger partial charge on any atom is -0.00709 e. The Morgan fingerprint density at radius 1 is 1.27 bits per heavy atom. The van der Waals surface area contributed by atoms with E-state index in [1.807, 2.05) is 0 Å². The highest BCUT2D eigenvalue weighted by Gasteiger charge is 2.53. The van der Waals surface area contributed by atoms with Crippen molar-refractivity contribution in [1.82, 2.24) is 0 Å². The van der Waals surface area contributed by atoms with E-state index in [0.29, 0.717) is 5.41 Å². The summed E-state index contributed by atoms with van der Waals surface area (Å²) in [6.07, 6.45) is 0. The first-order valence-corrected chi connectivity index (χ1v) is 4.57. The second-order valence-electron chi connectivity index (χ2n) is 4.86. The molecule has 0 saturated heterocycles. The number of allylic oxidation sites excluding steroid dienone is 2. The van der Waals surface area contributed by atoms with Gasteiger partial charge in [-0.15, -0.1) is 0 Å². The first-order chi connectivity index (χ1) is 4.89. The van der Waals surface area contributed by atoms with Crippen molar-refractivity contribution in [3.05, 3.63) is 11.1 Å². The van der Waals surface area contributed by atoms with Gasteiger partial charge in [-0.25, -0.2) is 0 Å². The maximum atomic E-state index is 2.36. The smallest absolute Gasteiger partial charge is 0.00709 e. The molecule has 1 rings (SSSR count). The summed E-state index contributed by atoms with van der Waals surface area (Å²) in [5.41, 5.74) is 3.74. The minimum Gasteiger partial charge on any atom is -0.0763 e. The summed E-state index contributed by atoms with van der Waals surface area (Å²) in [5, 5.41) is 0. The van der Waals surface area contributed by atoms with Crippen molar-refractivity contribution in [2.24, 2.45) is 17.3 Å². The third-order valence-electron chi connectivity index (χ3n) is 2.90. The third kappa shape index (κ3) is 1.23. The molecule has 0 nitrogen and oxygen atoms in total. The van der Waals surface area contributed by atoms with E-state index in [1.165, 1.54) is 5.57 Å². The average molecular weight is 152 g/mol. The van der Waals surface area contributed by atoms with E-state index >= 15 is 0 Å². The molecule has 0 spiro atoms. The molecule has 11 heavy (non-hydrogen) atoms. The Morgan fingerprint density at radius 2 is 1.73 bits per heavy atom. The van der Waals surface area contributed by atoms with E-state index in [-0.39, 0.29) is 0 Å². The molecule has 0 N–H and O–H groups in total. The number of hydrogen-bond donors (Lipinski definition) is 0. The highest BCUT2D eigenvalue weighted by atomic mass is 14.6. The lowest BCUT2D eigenvalue weighted by Crippen LogP contribution is -1.96. The molecular formula is C11H20. The lowest BCUT2D eigenvalue weighted by Gasteiger charge is -2.03. The molecule has 0 aromatic heterocycles. The van der Waals surface area contributed by atoms with Crippen LogP contribution in [0.1, 0.15) is 41.5 Å². The summed E-state index contributed by atoms with van der Waals surface area (Å²) >= 11 is 0. The maximum absolute atomic E-state index is 2.36. The van der Waals surface area contributed by atoms with Crippen molar-refractivity contribution < 1.29 is 0 Å². The molecule has 0 heteroatoms. The predicted octanol–water partition coefficient (Wildman–Crippen LogP) is 3.63. The topological polar surface area (TPSA) is 0 Å². The lowest BCUT2D eigenvalue weighted by atomic mass is 10.0. The molecule has 0 bridgehead atoms. The number of rotatable bonds is 1. The van der Waals surface area contributed by atoms with Gasteiger partial charge in [0, 0.05) is 0 Å². The van der Waals surface area contributed by atoms with Crippen LogP contribution in [0.2, 0.25) is 0 Å². The monoisotopic (exact) mass is 152 g/mol. The molecule has 0 amide bonds. The zero-order valence-corrected chi connectivity index (χ0v) is 8.65. The molecule has 1 fully saturated rings. The molecular weight excluding hydrogens is 132 g/mol. The fourth-order valence-corrected chi connectivity index (χ4v) is 2.70. The molecule has 0 aliphatic heterocycles. The van der Waals surface area contributed by atoms with Crippen molar-refractivity contribution in [2.45, 2.75) is 41.5 Å². The summed E-state index contributed by atoms with van der Waals surface area (Å²) in [6.45, 7) is 13.8. The Hall–Kier alpha value is -0.260. The molecule has 1 saturated carbocycles. The van der Waals surface area contributed by atoms with Gasteiger partial charge in [0.2, 0.25) is 0 Å². The second kappa shape index (κ2) is 2.36. The average Bonchev–Trinajstić information content (AvgIpc) is 2.33. The Balaban J connectivity index is 2.85. The fraction of sp³-hybridized carbons (Fsp3) is 0.818. The van der Waals surface area contributed by atoms with Crippen LogP contribution in [0.4, 0.5) is 0 Å². The molecule has 1 aliphatic carbocycles. The van der Waals surface area contributed by atoms with Crippen molar-refractivity contribution in [3.63, 3.8) is 0 Å². The SMILES string of the molecule is CC(C)=C1[C@H](C(C)C)C1(C)C. The molecule has 1 atom stereocenters. The van der Waals surface area contributed by atoms with Crippen LogP contribution in [-0.4, -0.2) is 0 Å². The largest absolute Gasteiger partial charge is 0.0763 e. The molecule has 64 valence electrons. The van der Waals surface area contributed by atoms with E-state index < -0.39 is 0 Å². The minimum atomic E-state index is 0.507. The normalized spacial score (nSPS) is 27.5. The first-order valence-electron chi connectivity index (χ1n) is 4.57. The Morgan fingerprint density at radius 3 is 1.82 bits per heavy atom. The van der Waals surface area contributed by atoms with Crippen molar-refractivity contribution >= 4 is 0 Å². The van der Waals surface area contributed by atoms with Gasteiger partial charge >= 0.3 is 0 Å². The minimum absolute atomic E-state index is 0.507. The quantitative estimate of drug-likeness (QED) is 0.503. The lowest BCUT2D eigenvalue weighted by molar-refractivity contribution is 0.451.